The van der Waals surface area contributed by atoms with Crippen LogP contribution >= 0.6 is 0 Å². The van der Waals surface area contributed by atoms with Crippen LogP contribution in [0, 0.1) is 11.7 Å². The van der Waals surface area contributed by atoms with Crippen LogP contribution in [-0.2, 0) is 4.79 Å². The van der Waals surface area contributed by atoms with E-state index >= 15 is 0 Å². The van der Waals surface area contributed by atoms with Gasteiger partial charge < -0.3 is 10.0 Å². The Balaban J connectivity index is 2.00. The van der Waals surface area contributed by atoms with Crippen molar-refractivity contribution in [3.63, 3.8) is 0 Å². The molecule has 1 fully saturated rings. The summed E-state index contributed by atoms with van der Waals surface area (Å²) in [4.78, 5) is 13.8. The van der Waals surface area contributed by atoms with Gasteiger partial charge in [0.15, 0.2) is 0 Å². The number of carbonyl (C=O) groups excluding carboxylic acids is 1. The van der Waals surface area contributed by atoms with Gasteiger partial charge in [-0.25, -0.2) is 4.39 Å². The second-order valence-electron chi connectivity index (χ2n) is 4.65. The summed E-state index contributed by atoms with van der Waals surface area (Å²) in [5, 5.41) is 8.89. The van der Waals surface area contributed by atoms with E-state index in [2.05, 4.69) is 0 Å². The first kappa shape index (κ1) is 13.0. The maximum atomic E-state index is 13.1. The molecule has 1 amide bonds. The Kier molecular flexibility index (Phi) is 3.97. The standard InChI is InChI=1S/C14H18FNO2/c1-2-16(6-7-17)14(18)13-9-12(13)10-4-3-5-11(15)8-10/h3-5,8,12-13,17H,2,6-7,9H2,1H3. The van der Waals surface area contributed by atoms with Gasteiger partial charge in [-0.2, -0.15) is 0 Å². The SMILES string of the molecule is CCN(CCO)C(=O)C1CC1c1cccc(F)c1. The second-order valence-corrected chi connectivity index (χ2v) is 4.65. The molecule has 0 radical (unpaired) electrons. The molecule has 0 saturated heterocycles. The van der Waals surface area contributed by atoms with Gasteiger partial charge in [0.25, 0.3) is 0 Å². The average Bonchev–Trinajstić information content (AvgIpc) is 3.15. The van der Waals surface area contributed by atoms with Gasteiger partial charge in [0.1, 0.15) is 5.82 Å². The van der Waals surface area contributed by atoms with Crippen molar-refractivity contribution in [3.05, 3.63) is 35.6 Å². The van der Waals surface area contributed by atoms with E-state index in [4.69, 9.17) is 5.11 Å². The van der Waals surface area contributed by atoms with E-state index < -0.39 is 0 Å². The van der Waals surface area contributed by atoms with Crippen molar-refractivity contribution in [1.29, 1.82) is 0 Å². The minimum Gasteiger partial charge on any atom is -0.395 e. The quantitative estimate of drug-likeness (QED) is 0.866. The van der Waals surface area contributed by atoms with E-state index in [9.17, 15) is 9.18 Å². The van der Waals surface area contributed by atoms with Gasteiger partial charge in [0.05, 0.1) is 6.61 Å². The number of nitrogens with zero attached hydrogens (tertiary/aromatic N) is 1. The Morgan fingerprint density at radius 1 is 1.56 bits per heavy atom. The van der Waals surface area contributed by atoms with Crippen molar-refractivity contribution in [3.8, 4) is 0 Å². The molecule has 1 aliphatic carbocycles. The molecule has 0 aromatic heterocycles. The maximum absolute atomic E-state index is 13.1. The number of likely N-dealkylation sites (N-methyl/N-ethyl adjacent to an activating group) is 1. The number of rotatable bonds is 5. The number of aliphatic hydroxyl groups is 1. The van der Waals surface area contributed by atoms with Crippen molar-refractivity contribution in [1.82, 2.24) is 4.90 Å². The highest BCUT2D eigenvalue weighted by atomic mass is 19.1. The monoisotopic (exact) mass is 251 g/mol. The summed E-state index contributed by atoms with van der Waals surface area (Å²) in [6.07, 6.45) is 0.782. The molecule has 2 rings (SSSR count). The van der Waals surface area contributed by atoms with Gasteiger partial charge in [-0.05, 0) is 37.0 Å². The van der Waals surface area contributed by atoms with Crippen LogP contribution in [0.2, 0.25) is 0 Å². The molecule has 18 heavy (non-hydrogen) atoms. The lowest BCUT2D eigenvalue weighted by Crippen LogP contribution is -2.34. The molecule has 0 spiro atoms. The summed E-state index contributed by atoms with van der Waals surface area (Å²) in [5.74, 6) is -0.0895. The normalized spacial score (nSPS) is 21.7. The number of amides is 1. The molecule has 4 heteroatoms. The van der Waals surface area contributed by atoms with E-state index in [0.717, 1.165) is 12.0 Å². The number of benzene rings is 1. The van der Waals surface area contributed by atoms with Crippen molar-refractivity contribution < 1.29 is 14.3 Å². The highest BCUT2D eigenvalue weighted by molar-refractivity contribution is 5.83. The number of hydrogen-bond donors (Lipinski definition) is 1. The highest BCUT2D eigenvalue weighted by Crippen LogP contribution is 2.48. The van der Waals surface area contributed by atoms with Gasteiger partial charge in [0, 0.05) is 19.0 Å². The fraction of sp³-hybridized carbons (Fsp3) is 0.500. The lowest BCUT2D eigenvalue weighted by atomic mass is 10.1. The van der Waals surface area contributed by atoms with Crippen LogP contribution in [0.15, 0.2) is 24.3 Å². The molecule has 98 valence electrons. The number of halogens is 1. The summed E-state index contributed by atoms with van der Waals surface area (Å²) in [6.45, 7) is 2.86. The second kappa shape index (κ2) is 5.48. The molecule has 2 unspecified atom stereocenters. The van der Waals surface area contributed by atoms with Crippen LogP contribution in [0.4, 0.5) is 4.39 Å². The Bertz CT molecular complexity index is 436. The van der Waals surface area contributed by atoms with Gasteiger partial charge in [-0.1, -0.05) is 12.1 Å². The topological polar surface area (TPSA) is 40.5 Å². The highest BCUT2D eigenvalue weighted by Gasteiger charge is 2.45. The van der Waals surface area contributed by atoms with Crippen LogP contribution in [0.5, 0.6) is 0 Å². The minimum absolute atomic E-state index is 0.0169. The minimum atomic E-state index is -0.256. The first-order chi connectivity index (χ1) is 8.67. The molecule has 1 saturated carbocycles. The van der Waals surface area contributed by atoms with Crippen molar-refractivity contribution in [2.24, 2.45) is 5.92 Å². The first-order valence-electron chi connectivity index (χ1n) is 6.32. The molecule has 0 aliphatic heterocycles. The third-order valence-corrected chi connectivity index (χ3v) is 3.45. The molecule has 0 heterocycles. The number of carbonyl (C=O) groups is 1. The lowest BCUT2D eigenvalue weighted by molar-refractivity contribution is -0.133. The average molecular weight is 251 g/mol. The maximum Gasteiger partial charge on any atom is 0.226 e. The fourth-order valence-electron chi connectivity index (χ4n) is 2.35. The smallest absolute Gasteiger partial charge is 0.226 e. The van der Waals surface area contributed by atoms with Crippen LogP contribution in [0.3, 0.4) is 0 Å². The Hall–Kier alpha value is -1.42. The third-order valence-electron chi connectivity index (χ3n) is 3.45. The number of hydrogen-bond acceptors (Lipinski definition) is 2. The van der Waals surface area contributed by atoms with Gasteiger partial charge in [0.2, 0.25) is 5.91 Å². The van der Waals surface area contributed by atoms with Crippen LogP contribution in [0.25, 0.3) is 0 Å². The molecular formula is C14H18FNO2. The summed E-state index contributed by atoms with van der Waals surface area (Å²) in [7, 11) is 0. The summed E-state index contributed by atoms with van der Waals surface area (Å²) < 4.78 is 13.1. The van der Waals surface area contributed by atoms with E-state index in [1.807, 2.05) is 13.0 Å². The summed E-state index contributed by atoms with van der Waals surface area (Å²) in [5.41, 5.74) is 0.897. The van der Waals surface area contributed by atoms with E-state index in [-0.39, 0.29) is 30.2 Å². The molecule has 1 N–H and O–H groups in total. The largest absolute Gasteiger partial charge is 0.395 e. The van der Waals surface area contributed by atoms with Crippen LogP contribution < -0.4 is 0 Å². The van der Waals surface area contributed by atoms with Crippen LogP contribution in [-0.4, -0.2) is 35.6 Å². The van der Waals surface area contributed by atoms with Gasteiger partial charge in [-0.15, -0.1) is 0 Å². The van der Waals surface area contributed by atoms with E-state index in [1.54, 1.807) is 11.0 Å². The van der Waals surface area contributed by atoms with Crippen molar-refractivity contribution >= 4 is 5.91 Å². The predicted octanol–water partition coefficient (Wildman–Crippen LogP) is 1.77. The van der Waals surface area contributed by atoms with E-state index in [0.29, 0.717) is 13.1 Å². The molecular weight excluding hydrogens is 233 g/mol. The van der Waals surface area contributed by atoms with Gasteiger partial charge >= 0.3 is 0 Å². The molecule has 3 nitrogen and oxygen atoms in total. The zero-order chi connectivity index (χ0) is 13.1. The Morgan fingerprint density at radius 3 is 2.94 bits per heavy atom. The van der Waals surface area contributed by atoms with Crippen molar-refractivity contribution in [2.75, 3.05) is 19.7 Å². The van der Waals surface area contributed by atoms with Gasteiger partial charge in [-0.3, -0.25) is 4.79 Å². The molecule has 0 bridgehead atoms. The molecule has 1 aliphatic rings. The van der Waals surface area contributed by atoms with Crippen molar-refractivity contribution in [2.45, 2.75) is 19.3 Å². The first-order valence-corrected chi connectivity index (χ1v) is 6.32. The number of aliphatic hydroxyl groups excluding tert-OH is 1. The zero-order valence-electron chi connectivity index (χ0n) is 10.5. The zero-order valence-corrected chi connectivity index (χ0v) is 10.5. The molecule has 1 aromatic carbocycles. The summed E-state index contributed by atoms with van der Waals surface area (Å²) in [6, 6.07) is 6.45. The Morgan fingerprint density at radius 2 is 2.33 bits per heavy atom. The fourth-order valence-corrected chi connectivity index (χ4v) is 2.35. The lowest BCUT2D eigenvalue weighted by Gasteiger charge is -2.19. The molecule has 2 atom stereocenters. The third kappa shape index (κ3) is 2.70. The van der Waals surface area contributed by atoms with Crippen LogP contribution in [0.1, 0.15) is 24.8 Å². The summed E-state index contributed by atoms with van der Waals surface area (Å²) >= 11 is 0. The Labute approximate surface area is 106 Å². The van der Waals surface area contributed by atoms with E-state index in [1.165, 1.54) is 12.1 Å². The predicted molar refractivity (Wildman–Crippen MR) is 66.6 cm³/mol. The molecule has 1 aromatic rings.